The maximum absolute atomic E-state index is 11.1. The molecule has 5 nitrogen and oxygen atoms in total. The molecule has 0 atom stereocenters. The molecule has 3 aromatic rings. The second-order valence-electron chi connectivity index (χ2n) is 4.65. The lowest BCUT2D eigenvalue weighted by Crippen LogP contribution is -2.08. The van der Waals surface area contributed by atoms with Gasteiger partial charge < -0.3 is 0 Å². The van der Waals surface area contributed by atoms with Crippen molar-refractivity contribution in [2.45, 2.75) is 13.8 Å². The number of nitrogens with zero attached hydrogens (tertiary/aromatic N) is 3. The SMILES string of the molecule is Cc1cc(=O)[nH]nc1C=Cc1ccc(-n2ccnc2C)s1. The minimum atomic E-state index is -0.182. The number of hydrogen-bond acceptors (Lipinski definition) is 4. The van der Waals surface area contributed by atoms with Crippen LogP contribution in [-0.4, -0.2) is 19.7 Å². The van der Waals surface area contributed by atoms with Crippen LogP contribution in [0, 0.1) is 13.8 Å². The van der Waals surface area contributed by atoms with Gasteiger partial charge in [-0.25, -0.2) is 10.1 Å². The van der Waals surface area contributed by atoms with Gasteiger partial charge in [0, 0.05) is 23.3 Å². The Balaban J connectivity index is 1.86. The largest absolute Gasteiger partial charge is 0.295 e. The normalized spacial score (nSPS) is 11.3. The zero-order valence-corrected chi connectivity index (χ0v) is 12.5. The molecule has 6 heteroatoms. The van der Waals surface area contributed by atoms with Crippen molar-refractivity contribution in [3.05, 3.63) is 62.9 Å². The summed E-state index contributed by atoms with van der Waals surface area (Å²) in [6, 6.07) is 5.66. The van der Waals surface area contributed by atoms with Gasteiger partial charge in [0.2, 0.25) is 0 Å². The Hall–Kier alpha value is -2.47. The Morgan fingerprint density at radius 1 is 1.29 bits per heavy atom. The van der Waals surface area contributed by atoms with E-state index in [0.717, 1.165) is 27.0 Å². The van der Waals surface area contributed by atoms with Crippen LogP contribution in [0.15, 0.2) is 35.4 Å². The second-order valence-corrected chi connectivity index (χ2v) is 5.75. The van der Waals surface area contributed by atoms with Crippen LogP contribution in [0.4, 0.5) is 0 Å². The van der Waals surface area contributed by atoms with Gasteiger partial charge in [-0.15, -0.1) is 11.3 Å². The Morgan fingerprint density at radius 3 is 2.86 bits per heavy atom. The number of aromatic nitrogens is 4. The van der Waals surface area contributed by atoms with E-state index in [9.17, 15) is 4.79 Å². The number of aryl methyl sites for hydroxylation is 2. The molecular formula is C15H14N4OS. The van der Waals surface area contributed by atoms with E-state index in [2.05, 4.69) is 27.3 Å². The average Bonchev–Trinajstić information content (AvgIpc) is 3.06. The van der Waals surface area contributed by atoms with Crippen molar-refractivity contribution >= 4 is 23.5 Å². The highest BCUT2D eigenvalue weighted by Gasteiger charge is 2.03. The fourth-order valence-electron chi connectivity index (χ4n) is 2.01. The van der Waals surface area contributed by atoms with Gasteiger partial charge in [-0.2, -0.15) is 5.10 Å². The van der Waals surface area contributed by atoms with Gasteiger partial charge in [-0.1, -0.05) is 0 Å². The number of H-pyrrole nitrogens is 1. The van der Waals surface area contributed by atoms with E-state index in [-0.39, 0.29) is 5.56 Å². The van der Waals surface area contributed by atoms with Crippen molar-refractivity contribution in [3.8, 4) is 5.00 Å². The van der Waals surface area contributed by atoms with Crippen molar-refractivity contribution < 1.29 is 0 Å². The molecule has 0 amide bonds. The van der Waals surface area contributed by atoms with E-state index < -0.39 is 0 Å². The van der Waals surface area contributed by atoms with Crippen LogP contribution in [-0.2, 0) is 0 Å². The smallest absolute Gasteiger partial charge is 0.264 e. The van der Waals surface area contributed by atoms with Crippen LogP contribution in [0.3, 0.4) is 0 Å². The second kappa shape index (κ2) is 5.49. The van der Waals surface area contributed by atoms with Gasteiger partial charge in [0.05, 0.1) is 5.69 Å². The summed E-state index contributed by atoms with van der Waals surface area (Å²) in [5, 5.41) is 7.60. The number of hydrogen-bond donors (Lipinski definition) is 1. The van der Waals surface area contributed by atoms with Gasteiger partial charge in [0.25, 0.3) is 5.56 Å². The molecule has 0 fully saturated rings. The number of thiophene rings is 1. The van der Waals surface area contributed by atoms with Gasteiger partial charge in [0.15, 0.2) is 0 Å². The first-order valence-corrected chi connectivity index (χ1v) is 7.30. The minimum absolute atomic E-state index is 0.182. The maximum atomic E-state index is 11.1. The van der Waals surface area contributed by atoms with E-state index >= 15 is 0 Å². The number of nitrogens with one attached hydrogen (secondary N) is 1. The highest BCUT2D eigenvalue weighted by Crippen LogP contribution is 2.23. The number of aromatic amines is 1. The lowest BCUT2D eigenvalue weighted by atomic mass is 10.2. The van der Waals surface area contributed by atoms with Crippen molar-refractivity contribution in [1.82, 2.24) is 19.7 Å². The van der Waals surface area contributed by atoms with Crippen LogP contribution in [0.1, 0.15) is 22.0 Å². The Labute approximate surface area is 125 Å². The monoisotopic (exact) mass is 298 g/mol. The summed E-state index contributed by atoms with van der Waals surface area (Å²) in [5.41, 5.74) is 1.44. The average molecular weight is 298 g/mol. The van der Waals surface area contributed by atoms with Crippen molar-refractivity contribution in [3.63, 3.8) is 0 Å². The molecule has 3 rings (SSSR count). The van der Waals surface area contributed by atoms with Gasteiger partial charge in [0.1, 0.15) is 10.8 Å². The number of imidazole rings is 1. The lowest BCUT2D eigenvalue weighted by molar-refractivity contribution is 0.961. The zero-order chi connectivity index (χ0) is 14.8. The fourth-order valence-corrected chi connectivity index (χ4v) is 2.95. The summed E-state index contributed by atoms with van der Waals surface area (Å²) < 4.78 is 2.05. The highest BCUT2D eigenvalue weighted by atomic mass is 32.1. The van der Waals surface area contributed by atoms with E-state index in [0.29, 0.717) is 0 Å². The van der Waals surface area contributed by atoms with Crippen molar-refractivity contribution in [2.24, 2.45) is 0 Å². The van der Waals surface area contributed by atoms with Crippen molar-refractivity contribution in [2.75, 3.05) is 0 Å². The summed E-state index contributed by atoms with van der Waals surface area (Å²) in [6.07, 6.45) is 7.64. The molecule has 0 spiro atoms. The lowest BCUT2D eigenvalue weighted by Gasteiger charge is -1.99. The van der Waals surface area contributed by atoms with Crippen molar-refractivity contribution in [1.29, 1.82) is 0 Å². The molecule has 1 N–H and O–H groups in total. The summed E-state index contributed by atoms with van der Waals surface area (Å²) in [6.45, 7) is 3.85. The third-order valence-electron chi connectivity index (χ3n) is 3.12. The molecule has 0 radical (unpaired) electrons. The van der Waals surface area contributed by atoms with Crippen LogP contribution in [0.5, 0.6) is 0 Å². The Morgan fingerprint density at radius 2 is 2.14 bits per heavy atom. The van der Waals surface area contributed by atoms with Crippen LogP contribution >= 0.6 is 11.3 Å². The Kier molecular flexibility index (Phi) is 3.53. The molecule has 0 saturated heterocycles. The first-order valence-electron chi connectivity index (χ1n) is 6.48. The third-order valence-corrected chi connectivity index (χ3v) is 4.17. The van der Waals surface area contributed by atoms with Gasteiger partial charge >= 0.3 is 0 Å². The molecule has 0 bridgehead atoms. The standard InChI is InChI=1S/C15H14N4OS/c1-10-9-14(20)18-17-13(10)5-3-12-4-6-15(21-12)19-8-7-16-11(19)2/h3-9H,1-2H3,(H,18,20). The summed E-state index contributed by atoms with van der Waals surface area (Å²) in [5.74, 6) is 0.963. The fraction of sp³-hybridized carbons (Fsp3) is 0.133. The molecule has 106 valence electrons. The van der Waals surface area contributed by atoms with Gasteiger partial charge in [-0.3, -0.25) is 9.36 Å². The first-order chi connectivity index (χ1) is 10.1. The number of rotatable bonds is 3. The predicted molar refractivity (Wildman–Crippen MR) is 84.7 cm³/mol. The molecule has 3 heterocycles. The first kappa shape index (κ1) is 13.5. The van der Waals surface area contributed by atoms with E-state index in [1.807, 2.05) is 36.8 Å². The van der Waals surface area contributed by atoms with E-state index in [1.54, 1.807) is 23.6 Å². The summed E-state index contributed by atoms with van der Waals surface area (Å²) >= 11 is 1.67. The molecular weight excluding hydrogens is 284 g/mol. The molecule has 0 saturated carbocycles. The minimum Gasteiger partial charge on any atom is -0.295 e. The molecule has 0 aliphatic carbocycles. The molecule has 3 aromatic heterocycles. The van der Waals surface area contributed by atoms with Crippen LogP contribution < -0.4 is 5.56 Å². The molecule has 0 aromatic carbocycles. The summed E-state index contributed by atoms with van der Waals surface area (Å²) in [7, 11) is 0. The van der Waals surface area contributed by atoms with Crippen LogP contribution in [0.25, 0.3) is 17.2 Å². The molecule has 21 heavy (non-hydrogen) atoms. The van der Waals surface area contributed by atoms with E-state index in [1.165, 1.54) is 0 Å². The topological polar surface area (TPSA) is 63.6 Å². The Bertz CT molecular complexity index is 856. The molecule has 0 aliphatic rings. The quantitative estimate of drug-likeness (QED) is 0.808. The molecule has 0 unspecified atom stereocenters. The van der Waals surface area contributed by atoms with Crippen LogP contribution in [0.2, 0.25) is 0 Å². The summed E-state index contributed by atoms with van der Waals surface area (Å²) in [4.78, 5) is 16.5. The zero-order valence-electron chi connectivity index (χ0n) is 11.7. The highest BCUT2D eigenvalue weighted by molar-refractivity contribution is 7.15. The predicted octanol–water partition coefficient (Wildman–Crippen LogP) is 2.80. The van der Waals surface area contributed by atoms with E-state index in [4.69, 9.17) is 0 Å². The molecule has 0 aliphatic heterocycles. The van der Waals surface area contributed by atoms with Gasteiger partial charge in [-0.05, 0) is 43.7 Å². The maximum Gasteiger partial charge on any atom is 0.264 e. The third kappa shape index (κ3) is 2.85.